The molecule has 1 heterocycles. The van der Waals surface area contributed by atoms with Gasteiger partial charge in [0.25, 0.3) is 0 Å². The van der Waals surface area contributed by atoms with Gasteiger partial charge in [0.2, 0.25) is 0 Å². The van der Waals surface area contributed by atoms with Crippen molar-refractivity contribution < 1.29 is 19.1 Å². The van der Waals surface area contributed by atoms with E-state index in [4.69, 9.17) is 21.1 Å². The van der Waals surface area contributed by atoms with Crippen LogP contribution in [0.3, 0.4) is 0 Å². The van der Waals surface area contributed by atoms with Gasteiger partial charge >= 0.3 is 12.0 Å². The summed E-state index contributed by atoms with van der Waals surface area (Å²) in [6.07, 6.45) is 0.490. The van der Waals surface area contributed by atoms with Crippen molar-refractivity contribution in [3.63, 3.8) is 0 Å². The van der Waals surface area contributed by atoms with Crippen molar-refractivity contribution in [2.45, 2.75) is 39.3 Å². The normalized spacial score (nSPS) is 16.2. The molecule has 30 heavy (non-hydrogen) atoms. The summed E-state index contributed by atoms with van der Waals surface area (Å²) in [4.78, 5) is 25.7. The lowest BCUT2D eigenvalue weighted by Gasteiger charge is -2.31. The van der Waals surface area contributed by atoms with E-state index >= 15 is 0 Å². The van der Waals surface area contributed by atoms with Crippen molar-refractivity contribution in [1.29, 1.82) is 0 Å². The van der Waals surface area contributed by atoms with Crippen LogP contribution in [0.15, 0.2) is 54.1 Å². The Morgan fingerprint density at radius 2 is 1.90 bits per heavy atom. The van der Waals surface area contributed by atoms with Gasteiger partial charge in [0.15, 0.2) is 0 Å². The average molecular weight is 429 g/mol. The molecule has 0 radical (unpaired) electrons. The van der Waals surface area contributed by atoms with Gasteiger partial charge in [0.05, 0.1) is 30.0 Å². The minimum absolute atomic E-state index is 0.290. The standard InChI is InChI=1S/C23H25ClN2O4/c1-4-12-29-18-11-10-16(24)13-17(18)21-19(22(27)30-14(2)3)20(25-23(28)26-21)15-8-6-5-7-9-15/h5-11,13-14,21H,4,12H2,1-3H3,(H2,25,26,28). The van der Waals surface area contributed by atoms with Gasteiger partial charge < -0.3 is 20.1 Å². The van der Waals surface area contributed by atoms with Gasteiger partial charge in [-0.25, -0.2) is 9.59 Å². The maximum absolute atomic E-state index is 13.1. The van der Waals surface area contributed by atoms with Crippen LogP contribution in [-0.2, 0) is 9.53 Å². The first-order chi connectivity index (χ1) is 14.4. The van der Waals surface area contributed by atoms with E-state index in [1.54, 1.807) is 32.0 Å². The van der Waals surface area contributed by atoms with Crippen LogP contribution in [-0.4, -0.2) is 24.7 Å². The molecular weight excluding hydrogens is 404 g/mol. The van der Waals surface area contributed by atoms with Crippen molar-refractivity contribution in [2.24, 2.45) is 0 Å². The van der Waals surface area contributed by atoms with Gasteiger partial charge in [-0.05, 0) is 44.0 Å². The van der Waals surface area contributed by atoms with Crippen LogP contribution in [0.25, 0.3) is 5.70 Å². The molecule has 2 aromatic carbocycles. The zero-order valence-corrected chi connectivity index (χ0v) is 18.0. The van der Waals surface area contributed by atoms with Gasteiger partial charge in [-0.3, -0.25) is 0 Å². The molecule has 1 atom stereocenters. The molecule has 0 spiro atoms. The number of halogens is 1. The number of hydrogen-bond acceptors (Lipinski definition) is 4. The molecule has 1 unspecified atom stereocenters. The van der Waals surface area contributed by atoms with E-state index in [9.17, 15) is 9.59 Å². The van der Waals surface area contributed by atoms with E-state index in [0.717, 1.165) is 6.42 Å². The van der Waals surface area contributed by atoms with Crippen LogP contribution in [0.5, 0.6) is 5.75 Å². The predicted octanol–water partition coefficient (Wildman–Crippen LogP) is 4.85. The number of benzene rings is 2. The Kier molecular flexibility index (Phi) is 7.00. The summed E-state index contributed by atoms with van der Waals surface area (Å²) >= 11 is 6.26. The molecule has 0 fully saturated rings. The molecule has 0 aromatic heterocycles. The van der Waals surface area contributed by atoms with Crippen LogP contribution >= 0.6 is 11.6 Å². The van der Waals surface area contributed by atoms with Crippen molar-refractivity contribution in [1.82, 2.24) is 10.6 Å². The second-order valence-electron chi connectivity index (χ2n) is 7.17. The van der Waals surface area contributed by atoms with Crippen LogP contribution < -0.4 is 15.4 Å². The van der Waals surface area contributed by atoms with Crippen molar-refractivity contribution in [3.8, 4) is 5.75 Å². The Bertz CT molecular complexity index is 957. The Morgan fingerprint density at radius 1 is 1.17 bits per heavy atom. The molecule has 2 amide bonds. The largest absolute Gasteiger partial charge is 0.493 e. The summed E-state index contributed by atoms with van der Waals surface area (Å²) in [5.41, 5.74) is 1.98. The highest BCUT2D eigenvalue weighted by molar-refractivity contribution is 6.30. The maximum atomic E-state index is 13.1. The fourth-order valence-corrected chi connectivity index (χ4v) is 3.40. The van der Waals surface area contributed by atoms with E-state index in [-0.39, 0.29) is 11.7 Å². The molecule has 0 aliphatic carbocycles. The fraction of sp³-hybridized carbons (Fsp3) is 0.304. The highest BCUT2D eigenvalue weighted by Crippen LogP contribution is 2.37. The highest BCUT2D eigenvalue weighted by atomic mass is 35.5. The number of hydrogen-bond donors (Lipinski definition) is 2. The Morgan fingerprint density at radius 3 is 2.57 bits per heavy atom. The quantitative estimate of drug-likeness (QED) is 0.618. The van der Waals surface area contributed by atoms with Gasteiger partial charge in [0, 0.05) is 10.6 Å². The zero-order chi connectivity index (χ0) is 21.7. The lowest BCUT2D eigenvalue weighted by molar-refractivity contribution is -0.143. The van der Waals surface area contributed by atoms with Crippen molar-refractivity contribution in [2.75, 3.05) is 6.61 Å². The zero-order valence-electron chi connectivity index (χ0n) is 17.2. The number of amides is 2. The van der Waals surface area contributed by atoms with Crippen molar-refractivity contribution >= 4 is 29.3 Å². The molecule has 0 saturated heterocycles. The second-order valence-corrected chi connectivity index (χ2v) is 7.61. The third kappa shape index (κ3) is 4.94. The second kappa shape index (κ2) is 9.67. The number of rotatable bonds is 7. The minimum atomic E-state index is -0.786. The topological polar surface area (TPSA) is 76.7 Å². The molecule has 1 aliphatic rings. The van der Waals surface area contributed by atoms with Gasteiger partial charge in [-0.2, -0.15) is 0 Å². The van der Waals surface area contributed by atoms with E-state index < -0.39 is 18.0 Å². The summed E-state index contributed by atoms with van der Waals surface area (Å²) in [5, 5.41) is 6.07. The van der Waals surface area contributed by atoms with Crippen LogP contribution in [0, 0.1) is 0 Å². The van der Waals surface area contributed by atoms with Crippen molar-refractivity contribution in [3.05, 3.63) is 70.3 Å². The first-order valence-corrected chi connectivity index (χ1v) is 10.3. The Labute approximate surface area is 181 Å². The molecule has 0 bridgehead atoms. The van der Waals surface area contributed by atoms with Crippen LogP contribution in [0.1, 0.15) is 44.4 Å². The number of ether oxygens (including phenoxy) is 2. The minimum Gasteiger partial charge on any atom is -0.493 e. The number of esters is 1. The molecule has 2 aromatic rings. The van der Waals surface area contributed by atoms with Gasteiger partial charge in [-0.15, -0.1) is 0 Å². The predicted molar refractivity (Wildman–Crippen MR) is 116 cm³/mol. The number of nitrogens with one attached hydrogen (secondary N) is 2. The third-order valence-corrected chi connectivity index (χ3v) is 4.68. The number of urea groups is 1. The molecule has 158 valence electrons. The summed E-state index contributed by atoms with van der Waals surface area (Å²) in [6.45, 7) is 6.05. The Balaban J connectivity index is 2.20. The molecule has 2 N–H and O–H groups in total. The first-order valence-electron chi connectivity index (χ1n) is 9.91. The molecular formula is C23H25ClN2O4. The third-order valence-electron chi connectivity index (χ3n) is 4.44. The Hall–Kier alpha value is -2.99. The molecule has 6 nitrogen and oxygen atoms in total. The van der Waals surface area contributed by atoms with E-state index in [1.165, 1.54) is 0 Å². The monoisotopic (exact) mass is 428 g/mol. The summed E-state index contributed by atoms with van der Waals surface area (Å²) < 4.78 is 11.4. The van der Waals surface area contributed by atoms with Gasteiger partial charge in [0.1, 0.15) is 5.75 Å². The SMILES string of the molecule is CCCOc1ccc(Cl)cc1C1NC(=O)NC(c2ccccc2)=C1C(=O)OC(C)C. The number of carbonyl (C=O) groups is 2. The van der Waals surface area contributed by atoms with E-state index in [2.05, 4.69) is 10.6 Å². The van der Waals surface area contributed by atoms with E-state index in [0.29, 0.717) is 34.2 Å². The number of carbonyl (C=O) groups excluding carboxylic acids is 2. The average Bonchev–Trinajstić information content (AvgIpc) is 2.72. The fourth-order valence-electron chi connectivity index (χ4n) is 3.22. The highest BCUT2D eigenvalue weighted by Gasteiger charge is 2.36. The van der Waals surface area contributed by atoms with E-state index in [1.807, 2.05) is 37.3 Å². The summed E-state index contributed by atoms with van der Waals surface area (Å²) in [5.74, 6) is 0.0264. The lowest BCUT2D eigenvalue weighted by atomic mass is 9.92. The van der Waals surface area contributed by atoms with Crippen LogP contribution in [0.4, 0.5) is 4.79 Å². The summed E-state index contributed by atoms with van der Waals surface area (Å²) in [6, 6.07) is 13.1. The first kappa shape index (κ1) is 21.7. The summed E-state index contributed by atoms with van der Waals surface area (Å²) in [7, 11) is 0. The lowest BCUT2D eigenvalue weighted by Crippen LogP contribution is -2.45. The van der Waals surface area contributed by atoms with Crippen LogP contribution in [0.2, 0.25) is 5.02 Å². The van der Waals surface area contributed by atoms with Gasteiger partial charge in [-0.1, -0.05) is 48.9 Å². The molecule has 3 rings (SSSR count). The smallest absolute Gasteiger partial charge is 0.338 e. The maximum Gasteiger partial charge on any atom is 0.338 e. The molecule has 1 aliphatic heterocycles. The molecule has 7 heteroatoms. The molecule has 0 saturated carbocycles.